The molecule has 136 valence electrons. The molecule has 2 aromatic carbocycles. The second kappa shape index (κ2) is 7.66. The van der Waals surface area contributed by atoms with E-state index in [0.29, 0.717) is 35.2 Å². The highest BCUT2D eigenvalue weighted by atomic mass is 35.5. The summed E-state index contributed by atoms with van der Waals surface area (Å²) in [7, 11) is 1.57. The smallest absolute Gasteiger partial charge is 0.325 e. The van der Waals surface area contributed by atoms with Crippen molar-refractivity contribution in [1.82, 2.24) is 4.90 Å². The van der Waals surface area contributed by atoms with Crippen LogP contribution in [0.15, 0.2) is 42.5 Å². The van der Waals surface area contributed by atoms with Gasteiger partial charge in [0.05, 0.1) is 12.8 Å². The zero-order valence-electron chi connectivity index (χ0n) is 14.7. The number of carbonyl (C=O) groups is 2. The minimum Gasteiger partial charge on any atom is -0.495 e. The summed E-state index contributed by atoms with van der Waals surface area (Å²) >= 11 is 5.97. The van der Waals surface area contributed by atoms with Crippen LogP contribution in [0.2, 0.25) is 5.02 Å². The average molecular weight is 374 g/mol. The minimum absolute atomic E-state index is 0.0174. The molecule has 1 aliphatic heterocycles. The molecule has 1 aliphatic rings. The van der Waals surface area contributed by atoms with Crippen molar-refractivity contribution in [2.75, 3.05) is 37.0 Å². The van der Waals surface area contributed by atoms with E-state index in [1.165, 1.54) is 4.90 Å². The van der Waals surface area contributed by atoms with Crippen LogP contribution in [0.4, 0.5) is 16.2 Å². The Balaban J connectivity index is 1.67. The first kappa shape index (κ1) is 18.1. The SMILES string of the molecule is COc1ccccc1N1CCN(CC(=O)Nc2cc(Cl)ccc2C)C1=O. The van der Waals surface area contributed by atoms with Gasteiger partial charge in [-0.1, -0.05) is 29.8 Å². The molecule has 3 rings (SSSR count). The molecule has 0 saturated carbocycles. The molecular formula is C19H20ClN3O3. The third kappa shape index (κ3) is 3.75. The van der Waals surface area contributed by atoms with E-state index in [2.05, 4.69) is 5.32 Å². The maximum Gasteiger partial charge on any atom is 0.325 e. The largest absolute Gasteiger partial charge is 0.495 e. The van der Waals surface area contributed by atoms with Gasteiger partial charge < -0.3 is 15.0 Å². The Bertz CT molecular complexity index is 841. The first-order valence-electron chi connectivity index (χ1n) is 8.25. The van der Waals surface area contributed by atoms with Gasteiger partial charge in [-0.05, 0) is 36.8 Å². The molecule has 0 bridgehead atoms. The Morgan fingerprint density at radius 1 is 1.23 bits per heavy atom. The van der Waals surface area contributed by atoms with Gasteiger partial charge in [0.15, 0.2) is 0 Å². The maximum absolute atomic E-state index is 12.7. The molecule has 3 amide bonds. The fourth-order valence-electron chi connectivity index (χ4n) is 2.90. The molecule has 7 heteroatoms. The van der Waals surface area contributed by atoms with E-state index in [9.17, 15) is 9.59 Å². The second-order valence-electron chi connectivity index (χ2n) is 6.04. The van der Waals surface area contributed by atoms with Crippen LogP contribution in [0.25, 0.3) is 0 Å². The fraction of sp³-hybridized carbons (Fsp3) is 0.263. The van der Waals surface area contributed by atoms with E-state index in [4.69, 9.17) is 16.3 Å². The number of methoxy groups -OCH3 is 1. The third-order valence-electron chi connectivity index (χ3n) is 4.28. The fourth-order valence-corrected chi connectivity index (χ4v) is 3.07. The van der Waals surface area contributed by atoms with Crippen molar-refractivity contribution in [2.24, 2.45) is 0 Å². The Kier molecular flexibility index (Phi) is 5.32. The van der Waals surface area contributed by atoms with E-state index in [1.807, 2.05) is 31.2 Å². The quantitative estimate of drug-likeness (QED) is 0.872. The van der Waals surface area contributed by atoms with Crippen LogP contribution in [0.5, 0.6) is 5.75 Å². The van der Waals surface area contributed by atoms with Crippen LogP contribution >= 0.6 is 11.6 Å². The van der Waals surface area contributed by atoms with Crippen LogP contribution in [0, 0.1) is 6.92 Å². The van der Waals surface area contributed by atoms with E-state index >= 15 is 0 Å². The number of nitrogens with one attached hydrogen (secondary N) is 1. The van der Waals surface area contributed by atoms with Crippen molar-refractivity contribution < 1.29 is 14.3 Å². The van der Waals surface area contributed by atoms with E-state index < -0.39 is 0 Å². The highest BCUT2D eigenvalue weighted by Gasteiger charge is 2.32. The number of rotatable bonds is 5. The summed E-state index contributed by atoms with van der Waals surface area (Å²) in [4.78, 5) is 28.2. The van der Waals surface area contributed by atoms with Crippen LogP contribution < -0.4 is 15.0 Å². The first-order valence-corrected chi connectivity index (χ1v) is 8.63. The number of urea groups is 1. The normalized spacial score (nSPS) is 13.9. The van der Waals surface area contributed by atoms with Gasteiger partial charge in [-0.3, -0.25) is 9.69 Å². The predicted octanol–water partition coefficient (Wildman–Crippen LogP) is 3.54. The predicted molar refractivity (Wildman–Crippen MR) is 102 cm³/mol. The van der Waals surface area contributed by atoms with Crippen molar-refractivity contribution >= 4 is 34.9 Å². The number of benzene rings is 2. The second-order valence-corrected chi connectivity index (χ2v) is 6.47. The number of hydrogen-bond donors (Lipinski definition) is 1. The summed E-state index contributed by atoms with van der Waals surface area (Å²) in [6.07, 6.45) is 0. The molecule has 0 aromatic heterocycles. The summed E-state index contributed by atoms with van der Waals surface area (Å²) in [5.41, 5.74) is 2.26. The Morgan fingerprint density at radius 2 is 2.00 bits per heavy atom. The number of para-hydroxylation sites is 2. The molecule has 1 saturated heterocycles. The average Bonchev–Trinajstić information content (AvgIpc) is 2.98. The zero-order valence-corrected chi connectivity index (χ0v) is 15.4. The van der Waals surface area contributed by atoms with Crippen molar-refractivity contribution in [3.05, 3.63) is 53.1 Å². The van der Waals surface area contributed by atoms with Gasteiger partial charge in [-0.25, -0.2) is 4.79 Å². The lowest BCUT2D eigenvalue weighted by atomic mass is 10.2. The van der Waals surface area contributed by atoms with Crippen molar-refractivity contribution in [1.29, 1.82) is 0 Å². The lowest BCUT2D eigenvalue weighted by Crippen LogP contribution is -2.37. The molecule has 0 unspecified atom stereocenters. The highest BCUT2D eigenvalue weighted by molar-refractivity contribution is 6.31. The van der Waals surface area contributed by atoms with Crippen molar-refractivity contribution in [2.45, 2.75) is 6.92 Å². The number of nitrogens with zero attached hydrogens (tertiary/aromatic N) is 2. The van der Waals surface area contributed by atoms with Gasteiger partial charge in [0, 0.05) is 23.8 Å². The Labute approximate surface area is 157 Å². The summed E-state index contributed by atoms with van der Waals surface area (Å²) in [6, 6.07) is 12.4. The summed E-state index contributed by atoms with van der Waals surface area (Å²) < 4.78 is 5.32. The van der Waals surface area contributed by atoms with Crippen molar-refractivity contribution in [3.8, 4) is 5.75 Å². The van der Waals surface area contributed by atoms with Gasteiger partial charge in [-0.2, -0.15) is 0 Å². The Hall–Kier alpha value is -2.73. The standard InChI is InChI=1S/C19H20ClN3O3/c1-13-7-8-14(20)11-15(13)21-18(24)12-22-9-10-23(19(22)25)16-5-3-4-6-17(16)26-2/h3-8,11H,9-10,12H2,1-2H3,(H,21,24). The highest BCUT2D eigenvalue weighted by Crippen LogP contribution is 2.30. The maximum atomic E-state index is 12.7. The number of carbonyl (C=O) groups excluding carboxylic acids is 2. The lowest BCUT2D eigenvalue weighted by Gasteiger charge is -2.20. The number of anilines is 2. The molecule has 1 fully saturated rings. The Morgan fingerprint density at radius 3 is 2.77 bits per heavy atom. The molecular weight excluding hydrogens is 354 g/mol. The molecule has 1 heterocycles. The van der Waals surface area contributed by atoms with Crippen LogP contribution in [0.3, 0.4) is 0 Å². The molecule has 0 aliphatic carbocycles. The molecule has 26 heavy (non-hydrogen) atoms. The molecule has 2 aromatic rings. The number of ether oxygens (including phenoxy) is 1. The topological polar surface area (TPSA) is 61.9 Å². The number of halogens is 1. The molecule has 0 radical (unpaired) electrons. The molecule has 0 spiro atoms. The zero-order chi connectivity index (χ0) is 18.7. The van der Waals surface area contributed by atoms with Crippen LogP contribution in [-0.4, -0.2) is 43.6 Å². The van der Waals surface area contributed by atoms with Gasteiger partial charge in [-0.15, -0.1) is 0 Å². The first-order chi connectivity index (χ1) is 12.5. The van der Waals surface area contributed by atoms with E-state index in [-0.39, 0.29) is 18.5 Å². The van der Waals surface area contributed by atoms with Gasteiger partial charge in [0.25, 0.3) is 0 Å². The van der Waals surface area contributed by atoms with Gasteiger partial charge in [0.2, 0.25) is 5.91 Å². The van der Waals surface area contributed by atoms with Crippen LogP contribution in [-0.2, 0) is 4.79 Å². The van der Waals surface area contributed by atoms with E-state index in [0.717, 1.165) is 5.56 Å². The lowest BCUT2D eigenvalue weighted by molar-refractivity contribution is -0.116. The molecule has 0 atom stereocenters. The monoisotopic (exact) mass is 373 g/mol. The van der Waals surface area contributed by atoms with Crippen molar-refractivity contribution in [3.63, 3.8) is 0 Å². The van der Waals surface area contributed by atoms with Gasteiger partial charge in [0.1, 0.15) is 12.3 Å². The number of amides is 3. The summed E-state index contributed by atoms with van der Waals surface area (Å²) in [6.45, 7) is 2.84. The summed E-state index contributed by atoms with van der Waals surface area (Å²) in [5, 5.41) is 3.36. The summed E-state index contributed by atoms with van der Waals surface area (Å²) in [5.74, 6) is 0.368. The third-order valence-corrected chi connectivity index (χ3v) is 4.51. The minimum atomic E-state index is -0.259. The molecule has 1 N–H and O–H groups in total. The van der Waals surface area contributed by atoms with E-state index in [1.54, 1.807) is 30.2 Å². The van der Waals surface area contributed by atoms with Crippen LogP contribution in [0.1, 0.15) is 5.56 Å². The number of hydrogen-bond acceptors (Lipinski definition) is 3. The molecule has 6 nitrogen and oxygen atoms in total. The van der Waals surface area contributed by atoms with Gasteiger partial charge >= 0.3 is 6.03 Å². The number of aryl methyl sites for hydroxylation is 1.